The molecule has 0 aromatic carbocycles. The van der Waals surface area contributed by atoms with Gasteiger partial charge in [-0.05, 0) is 69.4 Å². The SMILES string of the molecule is CON=C1CC(N2CCCC2)CC2C(=O)C[C@@H]3[C@@H](CC[C@]4(C)C(=O)CC[C@@H]34)[C@@]12C.Cl. The van der Waals surface area contributed by atoms with Crippen molar-refractivity contribution in [1.29, 1.82) is 0 Å². The molecule has 5 fully saturated rings. The van der Waals surface area contributed by atoms with Gasteiger partial charge in [0.25, 0.3) is 0 Å². The molecule has 5 nitrogen and oxygen atoms in total. The predicted octanol–water partition coefficient (Wildman–Crippen LogP) is 4.28. The summed E-state index contributed by atoms with van der Waals surface area (Å²) in [5.41, 5.74) is 0.707. The Morgan fingerprint density at radius 1 is 1.07 bits per heavy atom. The summed E-state index contributed by atoms with van der Waals surface area (Å²) in [5, 5.41) is 4.58. The summed E-state index contributed by atoms with van der Waals surface area (Å²) in [6.45, 7) is 6.79. The second-order valence-electron chi connectivity index (χ2n) is 10.9. The lowest BCUT2D eigenvalue weighted by molar-refractivity contribution is -0.148. The monoisotopic (exact) mass is 436 g/mol. The Morgan fingerprint density at radius 2 is 1.80 bits per heavy atom. The van der Waals surface area contributed by atoms with Crippen molar-refractivity contribution in [3.05, 3.63) is 0 Å². The molecule has 168 valence electrons. The number of carbonyl (C=O) groups is 2. The van der Waals surface area contributed by atoms with E-state index in [4.69, 9.17) is 4.84 Å². The van der Waals surface area contributed by atoms with E-state index in [9.17, 15) is 9.59 Å². The number of oxime groups is 1. The molecule has 1 aliphatic heterocycles. The zero-order valence-corrected chi connectivity index (χ0v) is 19.5. The molecule has 0 bridgehead atoms. The second-order valence-corrected chi connectivity index (χ2v) is 10.9. The van der Waals surface area contributed by atoms with Gasteiger partial charge in [-0.1, -0.05) is 19.0 Å². The molecule has 0 N–H and O–H groups in total. The Hall–Kier alpha value is -0.940. The van der Waals surface area contributed by atoms with Crippen LogP contribution in [-0.2, 0) is 14.4 Å². The third kappa shape index (κ3) is 3.02. The van der Waals surface area contributed by atoms with Gasteiger partial charge in [0.1, 0.15) is 18.7 Å². The Bertz CT molecular complexity index is 749. The maximum atomic E-state index is 13.6. The number of nitrogens with zero attached hydrogens (tertiary/aromatic N) is 2. The number of rotatable bonds is 2. The van der Waals surface area contributed by atoms with Gasteiger partial charge in [-0.2, -0.15) is 0 Å². The molecule has 4 aliphatic carbocycles. The number of Topliss-reactive ketones (excluding diaryl/α,β-unsaturated/α-hetero) is 2. The predicted molar refractivity (Wildman–Crippen MR) is 119 cm³/mol. The summed E-state index contributed by atoms with van der Waals surface area (Å²) in [6.07, 6.45) is 8.80. The van der Waals surface area contributed by atoms with Gasteiger partial charge in [0, 0.05) is 42.1 Å². The van der Waals surface area contributed by atoms with Gasteiger partial charge in [-0.3, -0.25) is 14.5 Å². The van der Waals surface area contributed by atoms with E-state index in [1.54, 1.807) is 7.11 Å². The van der Waals surface area contributed by atoms with Gasteiger partial charge in [-0.25, -0.2) is 0 Å². The maximum absolute atomic E-state index is 13.6. The van der Waals surface area contributed by atoms with E-state index in [-0.39, 0.29) is 29.2 Å². The molecule has 0 spiro atoms. The van der Waals surface area contributed by atoms with E-state index >= 15 is 0 Å². The minimum absolute atomic E-state index is 0. The van der Waals surface area contributed by atoms with Crippen molar-refractivity contribution in [2.24, 2.45) is 39.7 Å². The summed E-state index contributed by atoms with van der Waals surface area (Å²) in [7, 11) is 1.64. The van der Waals surface area contributed by atoms with Gasteiger partial charge < -0.3 is 4.84 Å². The molecule has 0 radical (unpaired) electrons. The summed E-state index contributed by atoms with van der Waals surface area (Å²) in [4.78, 5) is 34.2. The normalized spacial score (nSPS) is 47.4. The summed E-state index contributed by atoms with van der Waals surface area (Å²) >= 11 is 0. The fraction of sp³-hybridized carbons (Fsp3) is 0.875. The number of carbonyl (C=O) groups excluding carboxylic acids is 2. The van der Waals surface area contributed by atoms with Crippen molar-refractivity contribution >= 4 is 29.7 Å². The zero-order valence-electron chi connectivity index (χ0n) is 18.7. The number of fused-ring (bicyclic) bond motifs is 5. The first kappa shape index (κ1) is 22.3. The largest absolute Gasteiger partial charge is 0.399 e. The number of halogens is 1. The van der Waals surface area contributed by atoms with Gasteiger partial charge in [0.05, 0.1) is 5.71 Å². The summed E-state index contributed by atoms with van der Waals surface area (Å²) < 4.78 is 0. The Balaban J connectivity index is 0.00000218. The van der Waals surface area contributed by atoms with Crippen LogP contribution in [0.1, 0.15) is 71.6 Å². The van der Waals surface area contributed by atoms with Crippen LogP contribution in [0, 0.1) is 34.5 Å². The van der Waals surface area contributed by atoms with Gasteiger partial charge in [0.2, 0.25) is 0 Å². The smallest absolute Gasteiger partial charge is 0.139 e. The second kappa shape index (κ2) is 7.88. The van der Waals surface area contributed by atoms with E-state index in [1.807, 2.05) is 0 Å². The number of likely N-dealkylation sites (tertiary alicyclic amines) is 1. The molecule has 0 aromatic heterocycles. The van der Waals surface area contributed by atoms with Gasteiger partial charge in [0.15, 0.2) is 0 Å². The maximum Gasteiger partial charge on any atom is 0.139 e. The lowest BCUT2D eigenvalue weighted by atomic mass is 9.44. The van der Waals surface area contributed by atoms with E-state index < -0.39 is 0 Å². The molecule has 0 amide bonds. The topological polar surface area (TPSA) is 59.0 Å². The molecule has 7 atom stereocenters. The van der Waals surface area contributed by atoms with Crippen molar-refractivity contribution < 1.29 is 14.4 Å². The molecule has 4 saturated carbocycles. The van der Waals surface area contributed by atoms with Crippen LogP contribution in [0.2, 0.25) is 0 Å². The highest BCUT2D eigenvalue weighted by atomic mass is 35.5. The summed E-state index contributed by atoms with van der Waals surface area (Å²) in [5.74, 6) is 2.06. The minimum Gasteiger partial charge on any atom is -0.399 e. The molecule has 1 heterocycles. The van der Waals surface area contributed by atoms with Crippen molar-refractivity contribution in [1.82, 2.24) is 4.90 Å². The third-order valence-corrected chi connectivity index (χ3v) is 9.88. The highest BCUT2D eigenvalue weighted by molar-refractivity contribution is 5.99. The van der Waals surface area contributed by atoms with Crippen LogP contribution in [0.3, 0.4) is 0 Å². The highest BCUT2D eigenvalue weighted by Crippen LogP contribution is 2.64. The average molecular weight is 437 g/mol. The molecule has 5 aliphatic rings. The molecule has 1 saturated heterocycles. The average Bonchev–Trinajstić information content (AvgIpc) is 3.32. The minimum atomic E-state index is -0.209. The third-order valence-electron chi connectivity index (χ3n) is 9.88. The van der Waals surface area contributed by atoms with Crippen molar-refractivity contribution in [2.45, 2.75) is 77.7 Å². The molecule has 2 unspecified atom stereocenters. The van der Waals surface area contributed by atoms with E-state index in [2.05, 4.69) is 23.9 Å². The Labute approximate surface area is 186 Å². The Morgan fingerprint density at radius 3 is 2.50 bits per heavy atom. The van der Waals surface area contributed by atoms with Crippen molar-refractivity contribution in [3.8, 4) is 0 Å². The Kier molecular flexibility index (Phi) is 5.85. The lowest BCUT2D eigenvalue weighted by Gasteiger charge is -2.59. The lowest BCUT2D eigenvalue weighted by Crippen LogP contribution is -2.62. The van der Waals surface area contributed by atoms with Crippen molar-refractivity contribution in [3.63, 3.8) is 0 Å². The van der Waals surface area contributed by atoms with Crippen LogP contribution in [-0.4, -0.2) is 48.4 Å². The molecule has 5 rings (SSSR count). The highest BCUT2D eigenvalue weighted by Gasteiger charge is 2.64. The van der Waals surface area contributed by atoms with Crippen LogP contribution in [0.4, 0.5) is 0 Å². The van der Waals surface area contributed by atoms with E-state index in [0.29, 0.717) is 48.2 Å². The van der Waals surface area contributed by atoms with Crippen LogP contribution in [0.5, 0.6) is 0 Å². The van der Waals surface area contributed by atoms with E-state index in [1.165, 1.54) is 12.8 Å². The number of ketones is 2. The fourth-order valence-electron chi connectivity index (χ4n) is 8.28. The quantitative estimate of drug-likeness (QED) is 0.606. The van der Waals surface area contributed by atoms with Crippen LogP contribution in [0.25, 0.3) is 0 Å². The summed E-state index contributed by atoms with van der Waals surface area (Å²) in [6, 6.07) is 0.423. The molecule has 0 aromatic rings. The standard InChI is InChI=1S/C24H36N2O3.ClH/c1-23-9-8-18-16(17(23)6-7-22(23)28)14-20(27)19-12-15(26-10-4-5-11-26)13-21(25-29-3)24(18,19)2;/h15-19H,4-14H2,1-3H3;1H/t15?,16-,17-,18+,19?,23-,24+;/m0./s1. The molecular formula is C24H37ClN2O3. The first-order valence-electron chi connectivity index (χ1n) is 11.8. The molecular weight excluding hydrogens is 400 g/mol. The van der Waals surface area contributed by atoms with Crippen LogP contribution in [0.15, 0.2) is 5.16 Å². The van der Waals surface area contributed by atoms with Crippen LogP contribution >= 0.6 is 12.4 Å². The van der Waals surface area contributed by atoms with Crippen LogP contribution < -0.4 is 0 Å². The van der Waals surface area contributed by atoms with Crippen molar-refractivity contribution in [2.75, 3.05) is 20.2 Å². The number of hydrogen-bond acceptors (Lipinski definition) is 5. The zero-order chi connectivity index (χ0) is 20.4. The van der Waals surface area contributed by atoms with E-state index in [0.717, 1.165) is 50.9 Å². The number of hydrogen-bond donors (Lipinski definition) is 0. The first-order valence-corrected chi connectivity index (χ1v) is 11.8. The first-order chi connectivity index (χ1) is 13.9. The van der Waals surface area contributed by atoms with Gasteiger partial charge >= 0.3 is 0 Å². The fourth-order valence-corrected chi connectivity index (χ4v) is 8.28. The molecule has 6 heteroatoms. The molecule has 30 heavy (non-hydrogen) atoms. The van der Waals surface area contributed by atoms with Gasteiger partial charge in [-0.15, -0.1) is 12.4 Å².